The van der Waals surface area contributed by atoms with E-state index in [0.717, 1.165) is 17.9 Å². The molecule has 1 saturated carbocycles. The molecule has 1 aromatic rings. The van der Waals surface area contributed by atoms with Gasteiger partial charge in [-0.3, -0.25) is 0 Å². The van der Waals surface area contributed by atoms with Gasteiger partial charge < -0.3 is 5.32 Å². The Bertz CT molecular complexity index is 380. The van der Waals surface area contributed by atoms with Crippen molar-refractivity contribution in [1.29, 1.82) is 0 Å². The Balaban J connectivity index is 1.73. The first kappa shape index (κ1) is 12.7. The largest absolute Gasteiger partial charge is 0.313 e. The van der Waals surface area contributed by atoms with E-state index in [9.17, 15) is 0 Å². The van der Waals surface area contributed by atoms with E-state index >= 15 is 0 Å². The first-order valence-electron chi connectivity index (χ1n) is 7.68. The van der Waals surface area contributed by atoms with Crippen LogP contribution < -0.4 is 5.32 Å². The zero-order valence-corrected chi connectivity index (χ0v) is 12.3. The van der Waals surface area contributed by atoms with Gasteiger partial charge in [0.15, 0.2) is 0 Å². The second-order valence-electron chi connectivity index (χ2n) is 6.04. The summed E-state index contributed by atoms with van der Waals surface area (Å²) in [5.74, 6) is 1.83. The first-order valence-corrected chi connectivity index (χ1v) is 8.56. The van der Waals surface area contributed by atoms with Gasteiger partial charge in [-0.2, -0.15) is 0 Å². The van der Waals surface area contributed by atoms with Crippen LogP contribution in [0.3, 0.4) is 0 Å². The molecule has 2 unspecified atom stereocenters. The average Bonchev–Trinajstić information content (AvgIpc) is 3.07. The molecule has 100 valence electrons. The summed E-state index contributed by atoms with van der Waals surface area (Å²) < 4.78 is 0. The molecule has 0 aliphatic heterocycles. The molecule has 0 aromatic carbocycles. The van der Waals surface area contributed by atoms with Gasteiger partial charge in [0.2, 0.25) is 0 Å². The minimum absolute atomic E-state index is 0.742. The fourth-order valence-electron chi connectivity index (χ4n) is 3.37. The van der Waals surface area contributed by atoms with E-state index in [4.69, 9.17) is 0 Å². The highest BCUT2D eigenvalue weighted by Gasteiger charge is 2.33. The van der Waals surface area contributed by atoms with Crippen molar-refractivity contribution in [3.8, 4) is 0 Å². The second kappa shape index (κ2) is 5.75. The number of hydrogen-bond acceptors (Lipinski definition) is 2. The zero-order chi connectivity index (χ0) is 12.4. The van der Waals surface area contributed by atoms with Crippen LogP contribution in [0.1, 0.15) is 61.8 Å². The standard InChI is InChI=1S/C16H25NS/c1-2-9-17-15(11-12-6-7-12)13-4-3-5-16-14(13)8-10-18-16/h8,10,12-13,15,17H,2-7,9,11H2,1H3. The Labute approximate surface area is 115 Å². The molecule has 1 aromatic heterocycles. The lowest BCUT2D eigenvalue weighted by Crippen LogP contribution is -2.37. The summed E-state index contributed by atoms with van der Waals surface area (Å²) in [5, 5.41) is 6.15. The predicted molar refractivity (Wildman–Crippen MR) is 79.4 cm³/mol. The fraction of sp³-hybridized carbons (Fsp3) is 0.750. The molecule has 3 rings (SSSR count). The van der Waals surface area contributed by atoms with Crippen LogP contribution >= 0.6 is 11.3 Å². The molecule has 0 amide bonds. The van der Waals surface area contributed by atoms with Crippen molar-refractivity contribution in [2.45, 2.75) is 63.8 Å². The highest BCUT2D eigenvalue weighted by atomic mass is 32.1. The Morgan fingerprint density at radius 1 is 1.39 bits per heavy atom. The summed E-state index contributed by atoms with van der Waals surface area (Å²) in [6, 6.07) is 3.14. The Morgan fingerprint density at radius 2 is 2.28 bits per heavy atom. The number of rotatable bonds is 6. The number of hydrogen-bond donors (Lipinski definition) is 1. The first-order chi connectivity index (χ1) is 8.88. The third-order valence-corrected chi connectivity index (χ3v) is 5.52. The third-order valence-electron chi connectivity index (χ3n) is 4.52. The molecule has 0 radical (unpaired) electrons. The van der Waals surface area contributed by atoms with Gasteiger partial charge in [-0.25, -0.2) is 0 Å². The number of nitrogens with one attached hydrogen (secondary N) is 1. The molecule has 1 N–H and O–H groups in total. The van der Waals surface area contributed by atoms with Crippen molar-refractivity contribution < 1.29 is 0 Å². The van der Waals surface area contributed by atoms with Gasteiger partial charge in [-0.05, 0) is 61.6 Å². The van der Waals surface area contributed by atoms with Crippen LogP contribution in [0, 0.1) is 5.92 Å². The van der Waals surface area contributed by atoms with Crippen molar-refractivity contribution in [2.75, 3.05) is 6.54 Å². The molecule has 2 atom stereocenters. The van der Waals surface area contributed by atoms with Gasteiger partial charge in [0.1, 0.15) is 0 Å². The van der Waals surface area contributed by atoms with Crippen molar-refractivity contribution in [1.82, 2.24) is 5.32 Å². The summed E-state index contributed by atoms with van der Waals surface area (Å²) >= 11 is 1.98. The smallest absolute Gasteiger partial charge is 0.0139 e. The quantitative estimate of drug-likeness (QED) is 0.805. The summed E-state index contributed by atoms with van der Waals surface area (Å²) in [5.41, 5.74) is 1.68. The van der Waals surface area contributed by atoms with Crippen LogP contribution in [0.25, 0.3) is 0 Å². The number of fused-ring (bicyclic) bond motifs is 1. The van der Waals surface area contributed by atoms with Crippen LogP contribution in [0.15, 0.2) is 11.4 Å². The minimum Gasteiger partial charge on any atom is -0.313 e. The molecule has 2 heteroatoms. The number of aryl methyl sites for hydroxylation is 1. The van der Waals surface area contributed by atoms with Crippen molar-refractivity contribution in [3.05, 3.63) is 21.9 Å². The molecule has 1 fully saturated rings. The summed E-state index contributed by atoms with van der Waals surface area (Å²) in [4.78, 5) is 1.67. The van der Waals surface area contributed by atoms with Gasteiger partial charge in [0.05, 0.1) is 0 Å². The second-order valence-corrected chi connectivity index (χ2v) is 7.04. The third kappa shape index (κ3) is 2.80. The Kier molecular flexibility index (Phi) is 4.05. The van der Waals surface area contributed by atoms with Crippen LogP contribution in [0.5, 0.6) is 0 Å². The van der Waals surface area contributed by atoms with Crippen LogP contribution in [-0.2, 0) is 6.42 Å². The van der Waals surface area contributed by atoms with Gasteiger partial charge in [0.25, 0.3) is 0 Å². The maximum atomic E-state index is 3.85. The molecule has 2 aliphatic carbocycles. The zero-order valence-electron chi connectivity index (χ0n) is 11.5. The van der Waals surface area contributed by atoms with Crippen LogP contribution in [0.4, 0.5) is 0 Å². The SMILES string of the molecule is CCCNC(CC1CC1)C1CCCc2sccc21. The highest BCUT2D eigenvalue weighted by molar-refractivity contribution is 7.10. The normalized spacial score (nSPS) is 24.8. The summed E-state index contributed by atoms with van der Waals surface area (Å²) in [7, 11) is 0. The molecule has 2 aliphatic rings. The topological polar surface area (TPSA) is 12.0 Å². The molecule has 0 saturated heterocycles. The maximum Gasteiger partial charge on any atom is 0.0139 e. The molecule has 18 heavy (non-hydrogen) atoms. The fourth-order valence-corrected chi connectivity index (χ4v) is 4.37. The van der Waals surface area contributed by atoms with Gasteiger partial charge in [0, 0.05) is 16.8 Å². The predicted octanol–water partition coefficient (Wildman–Crippen LogP) is 4.34. The molecular weight excluding hydrogens is 238 g/mol. The van der Waals surface area contributed by atoms with E-state index in [0.29, 0.717) is 0 Å². The summed E-state index contributed by atoms with van der Waals surface area (Å²) in [6.45, 7) is 3.46. The monoisotopic (exact) mass is 263 g/mol. The van der Waals surface area contributed by atoms with Gasteiger partial charge >= 0.3 is 0 Å². The van der Waals surface area contributed by atoms with Crippen molar-refractivity contribution in [3.63, 3.8) is 0 Å². The average molecular weight is 263 g/mol. The lowest BCUT2D eigenvalue weighted by atomic mass is 9.80. The highest BCUT2D eigenvalue weighted by Crippen LogP contribution is 2.42. The Morgan fingerprint density at radius 3 is 3.06 bits per heavy atom. The van der Waals surface area contributed by atoms with Crippen molar-refractivity contribution in [2.24, 2.45) is 5.92 Å². The number of thiophene rings is 1. The van der Waals surface area contributed by atoms with Crippen LogP contribution in [-0.4, -0.2) is 12.6 Å². The van der Waals surface area contributed by atoms with Gasteiger partial charge in [-0.15, -0.1) is 11.3 Å². The van der Waals surface area contributed by atoms with Crippen molar-refractivity contribution >= 4 is 11.3 Å². The maximum absolute atomic E-state index is 3.85. The molecule has 0 bridgehead atoms. The van der Waals surface area contributed by atoms with E-state index in [1.807, 2.05) is 11.3 Å². The van der Waals surface area contributed by atoms with E-state index in [1.165, 1.54) is 51.5 Å². The van der Waals surface area contributed by atoms with Crippen LogP contribution in [0.2, 0.25) is 0 Å². The van der Waals surface area contributed by atoms with Gasteiger partial charge in [-0.1, -0.05) is 19.8 Å². The summed E-state index contributed by atoms with van der Waals surface area (Å²) in [6.07, 6.45) is 9.75. The molecule has 1 nitrogen and oxygen atoms in total. The minimum atomic E-state index is 0.742. The molecule has 1 heterocycles. The van der Waals surface area contributed by atoms with E-state index in [1.54, 1.807) is 10.4 Å². The lowest BCUT2D eigenvalue weighted by molar-refractivity contribution is 0.362. The lowest BCUT2D eigenvalue weighted by Gasteiger charge is -2.31. The van der Waals surface area contributed by atoms with E-state index < -0.39 is 0 Å². The van der Waals surface area contributed by atoms with E-state index in [2.05, 4.69) is 23.7 Å². The molecule has 0 spiro atoms. The Hall–Kier alpha value is -0.340. The molecular formula is C16H25NS. The van der Waals surface area contributed by atoms with E-state index in [-0.39, 0.29) is 0 Å².